The number of hydrogen-bond acceptors (Lipinski definition) is 6. The van der Waals surface area contributed by atoms with E-state index < -0.39 is 11.2 Å². The molecule has 1 aromatic heterocycles. The average molecular weight is 367 g/mol. The number of fused-ring (bicyclic) bond motifs is 1. The van der Waals surface area contributed by atoms with E-state index in [1.165, 1.54) is 0 Å². The second kappa shape index (κ2) is 9.05. The van der Waals surface area contributed by atoms with E-state index in [4.69, 9.17) is 14.7 Å². The van der Waals surface area contributed by atoms with Gasteiger partial charge in [0, 0.05) is 39.8 Å². The number of aromatic nitrogens is 2. The van der Waals surface area contributed by atoms with Crippen molar-refractivity contribution in [1.82, 2.24) is 9.97 Å². The second-order valence-electron chi connectivity index (χ2n) is 6.99. The summed E-state index contributed by atoms with van der Waals surface area (Å²) >= 11 is -0.964. The standard InChI is InChI=1S/C18H30N4O2S/c1-3-4-9-19-17-16-15(8-13-25(16)23)20-18(21-17)22(2)10-5-14-6-11-24-12-7-14/h14H,3-13H2,1-2H3,(H,19,20,21). The lowest BCUT2D eigenvalue weighted by Gasteiger charge is -2.25. The van der Waals surface area contributed by atoms with Crippen molar-refractivity contribution in [2.45, 2.75) is 50.3 Å². The highest BCUT2D eigenvalue weighted by molar-refractivity contribution is 7.91. The molecule has 1 aromatic rings. The minimum atomic E-state index is -0.964. The summed E-state index contributed by atoms with van der Waals surface area (Å²) in [6, 6.07) is 0. The van der Waals surface area contributed by atoms with Crippen LogP contribution in [0.2, 0.25) is 0 Å². The Bertz CT molecular complexity index is 566. The molecule has 0 saturated carbocycles. The number of aryl methyl sites for hydroxylation is 1. The quantitative estimate of drug-likeness (QED) is 0.563. The van der Waals surface area contributed by atoms with Crippen molar-refractivity contribution >= 4 is 22.9 Å². The summed E-state index contributed by atoms with van der Waals surface area (Å²) in [5.74, 6) is 2.94. The van der Waals surface area contributed by atoms with Crippen LogP contribution in [0, 0.1) is 5.92 Å². The summed E-state index contributed by atoms with van der Waals surface area (Å²) in [4.78, 5) is 12.4. The Kier molecular flexibility index (Phi) is 6.78. The van der Waals surface area contributed by atoms with Gasteiger partial charge in [-0.3, -0.25) is 0 Å². The third kappa shape index (κ3) is 4.77. The smallest absolute Gasteiger partial charge is 0.227 e. The lowest BCUT2D eigenvalue weighted by Crippen LogP contribution is -2.26. The van der Waals surface area contributed by atoms with Crippen molar-refractivity contribution in [2.75, 3.05) is 49.3 Å². The third-order valence-electron chi connectivity index (χ3n) is 5.05. The highest BCUT2D eigenvalue weighted by Gasteiger charge is 2.32. The van der Waals surface area contributed by atoms with Gasteiger partial charge in [-0.2, -0.15) is 4.98 Å². The maximum absolute atomic E-state index is 12.3. The molecule has 3 heterocycles. The molecule has 0 radical (unpaired) electrons. The molecule has 6 nitrogen and oxygen atoms in total. The van der Waals surface area contributed by atoms with E-state index in [0.717, 1.165) is 93.1 Å². The van der Waals surface area contributed by atoms with Crippen LogP contribution in [-0.2, 0) is 22.3 Å². The molecule has 3 rings (SSSR count). The predicted octanol–water partition coefficient (Wildman–Crippen LogP) is 2.61. The van der Waals surface area contributed by atoms with Crippen LogP contribution in [0.1, 0.15) is 44.7 Å². The normalized spacial score (nSPS) is 20.5. The molecule has 0 aliphatic carbocycles. The number of unbranched alkanes of at least 4 members (excludes halogenated alkanes) is 1. The van der Waals surface area contributed by atoms with E-state index in [1.807, 2.05) is 0 Å². The van der Waals surface area contributed by atoms with Crippen LogP contribution in [0.25, 0.3) is 0 Å². The molecule has 1 N–H and O–H groups in total. The Morgan fingerprint density at radius 2 is 2.12 bits per heavy atom. The fraction of sp³-hybridized carbons (Fsp3) is 0.778. The maximum atomic E-state index is 12.3. The number of hydrogen-bond donors (Lipinski definition) is 1. The Hall–Kier alpha value is -1.05. The molecule has 1 fully saturated rings. The van der Waals surface area contributed by atoms with Gasteiger partial charge >= 0.3 is 0 Å². The number of ether oxygens (including phenoxy) is 1. The highest BCUT2D eigenvalue weighted by Crippen LogP contribution is 2.32. The van der Waals surface area contributed by atoms with E-state index in [9.17, 15) is 4.55 Å². The van der Waals surface area contributed by atoms with Crippen LogP contribution in [-0.4, -0.2) is 53.6 Å². The number of anilines is 2. The Balaban J connectivity index is 1.68. The molecular formula is C18H30N4O2S. The monoisotopic (exact) mass is 366 g/mol. The second-order valence-corrected chi connectivity index (χ2v) is 8.50. The number of nitrogens with zero attached hydrogens (tertiary/aromatic N) is 3. The Morgan fingerprint density at radius 3 is 2.88 bits per heavy atom. The van der Waals surface area contributed by atoms with Gasteiger partial charge in [0.15, 0.2) is 5.82 Å². The zero-order chi connectivity index (χ0) is 17.6. The summed E-state index contributed by atoms with van der Waals surface area (Å²) in [6.45, 7) is 5.76. The van der Waals surface area contributed by atoms with E-state index >= 15 is 0 Å². The molecule has 25 heavy (non-hydrogen) atoms. The first-order valence-electron chi connectivity index (χ1n) is 9.51. The van der Waals surface area contributed by atoms with Gasteiger partial charge in [-0.05, 0) is 42.8 Å². The highest BCUT2D eigenvalue weighted by atomic mass is 32.2. The molecule has 140 valence electrons. The van der Waals surface area contributed by atoms with Gasteiger partial charge in [0.25, 0.3) is 0 Å². The van der Waals surface area contributed by atoms with E-state index in [2.05, 4.69) is 24.2 Å². The summed E-state index contributed by atoms with van der Waals surface area (Å²) < 4.78 is 17.7. The number of rotatable bonds is 8. The molecule has 0 spiro atoms. The van der Waals surface area contributed by atoms with Crippen molar-refractivity contribution in [3.8, 4) is 0 Å². The van der Waals surface area contributed by atoms with E-state index in [-0.39, 0.29) is 0 Å². The maximum Gasteiger partial charge on any atom is 0.227 e. The fourth-order valence-corrected chi connectivity index (χ4v) is 4.70. The lowest BCUT2D eigenvalue weighted by molar-refractivity contribution is 0.0645. The van der Waals surface area contributed by atoms with Gasteiger partial charge < -0.3 is 19.5 Å². The minimum absolute atomic E-state index is 0.668. The van der Waals surface area contributed by atoms with Crippen molar-refractivity contribution in [3.63, 3.8) is 0 Å². The lowest BCUT2D eigenvalue weighted by atomic mass is 9.96. The SMILES string of the molecule is CCCCNc1nc(N(C)CCC2CCOCC2)nc2c1[S+]([O-])CC2. The predicted molar refractivity (Wildman–Crippen MR) is 102 cm³/mol. The zero-order valence-corrected chi connectivity index (χ0v) is 16.2. The molecule has 0 aromatic carbocycles. The Morgan fingerprint density at radius 1 is 1.32 bits per heavy atom. The van der Waals surface area contributed by atoms with Crippen molar-refractivity contribution in [3.05, 3.63) is 5.69 Å². The number of nitrogens with one attached hydrogen (secondary N) is 1. The molecule has 2 aliphatic rings. The van der Waals surface area contributed by atoms with Crippen LogP contribution < -0.4 is 10.2 Å². The van der Waals surface area contributed by atoms with Gasteiger partial charge in [0.05, 0.1) is 0 Å². The fourth-order valence-electron chi connectivity index (χ4n) is 3.37. The third-order valence-corrected chi connectivity index (χ3v) is 6.51. The molecule has 0 amide bonds. The van der Waals surface area contributed by atoms with Crippen LogP contribution in [0.5, 0.6) is 0 Å². The van der Waals surface area contributed by atoms with Gasteiger partial charge in [0.2, 0.25) is 10.8 Å². The van der Waals surface area contributed by atoms with Gasteiger partial charge in [-0.1, -0.05) is 13.3 Å². The van der Waals surface area contributed by atoms with Crippen molar-refractivity contribution < 1.29 is 9.29 Å². The van der Waals surface area contributed by atoms with Crippen LogP contribution in [0.3, 0.4) is 0 Å². The molecule has 0 bridgehead atoms. The molecule has 1 atom stereocenters. The van der Waals surface area contributed by atoms with E-state index in [0.29, 0.717) is 5.75 Å². The molecule has 7 heteroatoms. The van der Waals surface area contributed by atoms with Crippen molar-refractivity contribution in [2.24, 2.45) is 5.92 Å². The average Bonchev–Trinajstić information content (AvgIpc) is 3.02. The van der Waals surface area contributed by atoms with Gasteiger partial charge in [0.1, 0.15) is 11.4 Å². The summed E-state index contributed by atoms with van der Waals surface area (Å²) in [6.07, 6.45) is 6.45. The molecular weight excluding hydrogens is 336 g/mol. The summed E-state index contributed by atoms with van der Waals surface area (Å²) in [7, 11) is 2.06. The van der Waals surface area contributed by atoms with Crippen LogP contribution in [0.15, 0.2) is 4.90 Å². The van der Waals surface area contributed by atoms with Crippen LogP contribution >= 0.6 is 0 Å². The van der Waals surface area contributed by atoms with E-state index in [1.54, 1.807) is 0 Å². The van der Waals surface area contributed by atoms with Crippen molar-refractivity contribution in [1.29, 1.82) is 0 Å². The molecule has 1 saturated heterocycles. The largest absolute Gasteiger partial charge is 0.611 e. The topological polar surface area (TPSA) is 73.3 Å². The molecule has 1 unspecified atom stereocenters. The Labute approximate surface area is 153 Å². The first-order valence-corrected chi connectivity index (χ1v) is 10.8. The van der Waals surface area contributed by atoms with Gasteiger partial charge in [-0.25, -0.2) is 4.98 Å². The molecule has 2 aliphatic heterocycles. The first kappa shape index (κ1) is 18.7. The minimum Gasteiger partial charge on any atom is -0.611 e. The summed E-state index contributed by atoms with van der Waals surface area (Å²) in [5.41, 5.74) is 0.959. The van der Waals surface area contributed by atoms with Crippen LogP contribution in [0.4, 0.5) is 11.8 Å². The first-order chi connectivity index (χ1) is 12.2. The van der Waals surface area contributed by atoms with Gasteiger partial charge in [-0.15, -0.1) is 0 Å². The zero-order valence-electron chi connectivity index (χ0n) is 15.4. The summed E-state index contributed by atoms with van der Waals surface area (Å²) in [5, 5.41) is 3.39.